The number of aryl methyl sites for hydroxylation is 1. The molecule has 0 aliphatic carbocycles. The predicted molar refractivity (Wildman–Crippen MR) is 46.4 cm³/mol. The Hall–Kier alpha value is -0.990. The van der Waals surface area contributed by atoms with E-state index in [0.717, 1.165) is 5.69 Å². The summed E-state index contributed by atoms with van der Waals surface area (Å²) in [5.41, 5.74) is 6.68. The number of rotatable bonds is 0. The Balaban J connectivity index is 3.13. The summed E-state index contributed by atoms with van der Waals surface area (Å²) < 4.78 is 1.93. The molecule has 62 valence electrons. The van der Waals surface area contributed by atoms with Crippen LogP contribution in [0.15, 0.2) is 6.07 Å². The minimum atomic E-state index is 0.0295. The first-order valence-electron chi connectivity index (χ1n) is 3.74. The molecule has 0 atom stereocenters. The first-order valence-corrected chi connectivity index (χ1v) is 3.74. The van der Waals surface area contributed by atoms with E-state index in [4.69, 9.17) is 5.73 Å². The molecule has 2 N–H and O–H groups in total. The Bertz CT molecular complexity index is 255. The standard InChI is InChI=1S/C8H15N3/c1-6-5-7(9)10-11(6)8(2,3)4/h5H,1-4H3,(H2,9,10). The van der Waals surface area contributed by atoms with Gasteiger partial charge in [-0.05, 0) is 27.7 Å². The van der Waals surface area contributed by atoms with Gasteiger partial charge in [0.25, 0.3) is 0 Å². The molecule has 1 heterocycles. The maximum absolute atomic E-state index is 5.54. The third kappa shape index (κ3) is 1.53. The summed E-state index contributed by atoms with van der Waals surface area (Å²) in [6, 6.07) is 1.88. The molecule has 0 aliphatic rings. The van der Waals surface area contributed by atoms with Crippen molar-refractivity contribution in [3.05, 3.63) is 11.8 Å². The molecule has 0 aliphatic heterocycles. The monoisotopic (exact) mass is 153 g/mol. The van der Waals surface area contributed by atoms with Crippen LogP contribution < -0.4 is 5.73 Å². The second-order valence-corrected chi connectivity index (χ2v) is 3.79. The van der Waals surface area contributed by atoms with Crippen LogP contribution in [-0.2, 0) is 5.54 Å². The van der Waals surface area contributed by atoms with Gasteiger partial charge >= 0.3 is 0 Å². The lowest BCUT2D eigenvalue weighted by Crippen LogP contribution is -2.24. The largest absolute Gasteiger partial charge is 0.382 e. The van der Waals surface area contributed by atoms with Gasteiger partial charge in [0, 0.05) is 11.8 Å². The molecule has 0 spiro atoms. The number of nitrogens with zero attached hydrogens (tertiary/aromatic N) is 2. The molecule has 3 heteroatoms. The van der Waals surface area contributed by atoms with Crippen LogP contribution >= 0.6 is 0 Å². The van der Waals surface area contributed by atoms with Crippen molar-refractivity contribution in [3.63, 3.8) is 0 Å². The Morgan fingerprint density at radius 2 is 2.00 bits per heavy atom. The van der Waals surface area contributed by atoms with E-state index >= 15 is 0 Å². The van der Waals surface area contributed by atoms with Gasteiger partial charge in [-0.3, -0.25) is 4.68 Å². The molecule has 11 heavy (non-hydrogen) atoms. The summed E-state index contributed by atoms with van der Waals surface area (Å²) in [5, 5.41) is 4.18. The van der Waals surface area contributed by atoms with Crippen molar-refractivity contribution >= 4 is 5.82 Å². The first kappa shape index (κ1) is 8.11. The van der Waals surface area contributed by atoms with Crippen LogP contribution in [0.1, 0.15) is 26.5 Å². The van der Waals surface area contributed by atoms with E-state index in [1.54, 1.807) is 0 Å². The fourth-order valence-corrected chi connectivity index (χ4v) is 1.18. The van der Waals surface area contributed by atoms with Gasteiger partial charge in [0.2, 0.25) is 0 Å². The van der Waals surface area contributed by atoms with E-state index in [0.29, 0.717) is 5.82 Å². The number of hydrogen-bond donors (Lipinski definition) is 1. The van der Waals surface area contributed by atoms with Crippen LogP contribution in [0.5, 0.6) is 0 Å². The Labute approximate surface area is 67.2 Å². The van der Waals surface area contributed by atoms with Crippen LogP contribution in [0.2, 0.25) is 0 Å². The number of aromatic nitrogens is 2. The molecule has 0 saturated carbocycles. The fraction of sp³-hybridized carbons (Fsp3) is 0.625. The summed E-state index contributed by atoms with van der Waals surface area (Å²) in [6.45, 7) is 8.32. The van der Waals surface area contributed by atoms with Crippen molar-refractivity contribution in [1.82, 2.24) is 9.78 Å². The zero-order valence-electron chi connectivity index (χ0n) is 7.55. The van der Waals surface area contributed by atoms with Crippen LogP contribution in [0, 0.1) is 6.92 Å². The molecule has 1 aromatic rings. The lowest BCUT2D eigenvalue weighted by Gasteiger charge is -2.20. The highest BCUT2D eigenvalue weighted by atomic mass is 15.3. The molecular formula is C8H15N3. The van der Waals surface area contributed by atoms with E-state index in [2.05, 4.69) is 25.9 Å². The number of hydrogen-bond acceptors (Lipinski definition) is 2. The topological polar surface area (TPSA) is 43.8 Å². The van der Waals surface area contributed by atoms with Crippen LogP contribution in [0.4, 0.5) is 5.82 Å². The van der Waals surface area contributed by atoms with Gasteiger partial charge in [-0.2, -0.15) is 5.10 Å². The maximum atomic E-state index is 5.54. The highest BCUT2D eigenvalue weighted by Gasteiger charge is 2.15. The number of nitrogens with two attached hydrogens (primary N) is 1. The van der Waals surface area contributed by atoms with Gasteiger partial charge in [-0.15, -0.1) is 0 Å². The van der Waals surface area contributed by atoms with E-state index in [9.17, 15) is 0 Å². The summed E-state index contributed by atoms with van der Waals surface area (Å²) in [6.07, 6.45) is 0. The van der Waals surface area contributed by atoms with Crippen molar-refractivity contribution in [2.45, 2.75) is 33.2 Å². The second kappa shape index (κ2) is 2.26. The van der Waals surface area contributed by atoms with Crippen LogP contribution in [-0.4, -0.2) is 9.78 Å². The Morgan fingerprint density at radius 3 is 2.18 bits per heavy atom. The average molecular weight is 153 g/mol. The zero-order chi connectivity index (χ0) is 8.65. The third-order valence-corrected chi connectivity index (χ3v) is 1.54. The molecular weight excluding hydrogens is 138 g/mol. The van der Waals surface area contributed by atoms with Crippen LogP contribution in [0.3, 0.4) is 0 Å². The maximum Gasteiger partial charge on any atom is 0.145 e. The van der Waals surface area contributed by atoms with Crippen molar-refractivity contribution in [1.29, 1.82) is 0 Å². The summed E-state index contributed by atoms with van der Waals surface area (Å²) in [5.74, 6) is 0.595. The van der Waals surface area contributed by atoms with E-state index in [1.807, 2.05) is 17.7 Å². The van der Waals surface area contributed by atoms with Gasteiger partial charge in [-0.25, -0.2) is 0 Å². The van der Waals surface area contributed by atoms with Gasteiger partial charge in [0.1, 0.15) is 5.82 Å². The predicted octanol–water partition coefficient (Wildman–Crippen LogP) is 1.53. The van der Waals surface area contributed by atoms with Crippen molar-refractivity contribution in [2.75, 3.05) is 5.73 Å². The van der Waals surface area contributed by atoms with Gasteiger partial charge in [0.15, 0.2) is 0 Å². The summed E-state index contributed by atoms with van der Waals surface area (Å²) in [4.78, 5) is 0. The highest BCUT2D eigenvalue weighted by Crippen LogP contribution is 2.16. The zero-order valence-corrected chi connectivity index (χ0v) is 7.55. The normalized spacial score (nSPS) is 12.0. The second-order valence-electron chi connectivity index (χ2n) is 3.79. The number of anilines is 1. The molecule has 0 aromatic carbocycles. The molecule has 0 fully saturated rings. The van der Waals surface area contributed by atoms with Gasteiger partial charge in [0.05, 0.1) is 5.54 Å². The van der Waals surface area contributed by atoms with Crippen molar-refractivity contribution < 1.29 is 0 Å². The SMILES string of the molecule is Cc1cc(N)nn1C(C)(C)C. The van der Waals surface area contributed by atoms with E-state index < -0.39 is 0 Å². The lowest BCUT2D eigenvalue weighted by atomic mass is 10.1. The molecule has 0 unspecified atom stereocenters. The first-order chi connectivity index (χ1) is 4.91. The number of nitrogen functional groups attached to an aromatic ring is 1. The molecule has 1 rings (SSSR count). The van der Waals surface area contributed by atoms with Gasteiger partial charge in [-0.1, -0.05) is 0 Å². The highest BCUT2D eigenvalue weighted by molar-refractivity contribution is 5.29. The van der Waals surface area contributed by atoms with Crippen molar-refractivity contribution in [3.8, 4) is 0 Å². The molecule has 0 saturated heterocycles. The smallest absolute Gasteiger partial charge is 0.145 e. The lowest BCUT2D eigenvalue weighted by molar-refractivity contribution is 0.349. The quantitative estimate of drug-likeness (QED) is 0.614. The van der Waals surface area contributed by atoms with E-state index in [1.165, 1.54) is 0 Å². The van der Waals surface area contributed by atoms with Crippen molar-refractivity contribution in [2.24, 2.45) is 0 Å². The Morgan fingerprint density at radius 1 is 1.45 bits per heavy atom. The van der Waals surface area contributed by atoms with E-state index in [-0.39, 0.29) is 5.54 Å². The molecule has 1 aromatic heterocycles. The van der Waals surface area contributed by atoms with Gasteiger partial charge < -0.3 is 5.73 Å². The summed E-state index contributed by atoms with van der Waals surface area (Å²) in [7, 11) is 0. The summed E-state index contributed by atoms with van der Waals surface area (Å²) >= 11 is 0. The minimum absolute atomic E-state index is 0.0295. The third-order valence-electron chi connectivity index (χ3n) is 1.54. The van der Waals surface area contributed by atoms with Crippen LogP contribution in [0.25, 0.3) is 0 Å². The molecule has 0 bridgehead atoms. The molecule has 0 radical (unpaired) electrons. The molecule has 3 nitrogen and oxygen atoms in total. The fourth-order valence-electron chi connectivity index (χ4n) is 1.18. The Kier molecular flexibility index (Phi) is 1.66. The minimum Gasteiger partial charge on any atom is -0.382 e. The molecule has 0 amide bonds. The average Bonchev–Trinajstić information content (AvgIpc) is 2.08.